The Hall–Kier alpha value is -2.81. The van der Waals surface area contributed by atoms with Crippen LogP contribution in [0.5, 0.6) is 0 Å². The van der Waals surface area contributed by atoms with Gasteiger partial charge in [-0.3, -0.25) is 4.79 Å². The predicted molar refractivity (Wildman–Crippen MR) is 99.1 cm³/mol. The van der Waals surface area contributed by atoms with Gasteiger partial charge in [-0.05, 0) is 54.8 Å². The van der Waals surface area contributed by atoms with E-state index in [1.54, 1.807) is 6.08 Å². The van der Waals surface area contributed by atoms with Crippen molar-refractivity contribution in [3.8, 4) is 0 Å². The summed E-state index contributed by atoms with van der Waals surface area (Å²) >= 11 is 0. The number of fused-ring (bicyclic) bond motifs is 1. The summed E-state index contributed by atoms with van der Waals surface area (Å²) in [5.41, 5.74) is 4.04. The lowest BCUT2D eigenvalue weighted by molar-refractivity contribution is -0.111. The second-order valence-corrected chi connectivity index (χ2v) is 6.29. The minimum atomic E-state index is -0.177. The smallest absolute Gasteiger partial charge is 0.248 e. The number of rotatable bonds is 4. The molecule has 0 saturated carbocycles. The molecular formula is C21H21NO2. The maximum Gasteiger partial charge on any atom is 0.248 e. The van der Waals surface area contributed by atoms with Crippen LogP contribution in [0.4, 0.5) is 5.69 Å². The lowest BCUT2D eigenvalue weighted by Gasteiger charge is -2.07. The third-order valence-electron chi connectivity index (χ3n) is 3.93. The van der Waals surface area contributed by atoms with E-state index in [-0.39, 0.29) is 5.91 Å². The quantitative estimate of drug-likeness (QED) is 0.644. The molecule has 0 aliphatic carbocycles. The first-order chi connectivity index (χ1) is 11.5. The van der Waals surface area contributed by atoms with Crippen molar-refractivity contribution in [3.05, 3.63) is 71.5 Å². The molecule has 0 aliphatic heterocycles. The van der Waals surface area contributed by atoms with E-state index < -0.39 is 0 Å². The second kappa shape index (κ2) is 6.75. The molecule has 0 bridgehead atoms. The van der Waals surface area contributed by atoms with Crippen molar-refractivity contribution >= 4 is 28.6 Å². The summed E-state index contributed by atoms with van der Waals surface area (Å²) in [5.74, 6) is 0.969. The number of benzene rings is 2. The Balaban J connectivity index is 1.67. The van der Waals surface area contributed by atoms with Gasteiger partial charge in [0.25, 0.3) is 0 Å². The number of aryl methyl sites for hydroxylation is 1. The van der Waals surface area contributed by atoms with Crippen LogP contribution < -0.4 is 5.32 Å². The van der Waals surface area contributed by atoms with Crippen molar-refractivity contribution < 1.29 is 9.21 Å². The molecular weight excluding hydrogens is 298 g/mol. The third kappa shape index (κ3) is 3.74. The molecule has 3 rings (SSSR count). The summed E-state index contributed by atoms with van der Waals surface area (Å²) in [5, 5.41) is 3.89. The summed E-state index contributed by atoms with van der Waals surface area (Å²) in [6, 6.07) is 15.9. The van der Waals surface area contributed by atoms with Gasteiger partial charge < -0.3 is 9.73 Å². The lowest BCUT2D eigenvalue weighted by atomic mass is 10.0. The Bertz CT molecular complexity index is 886. The summed E-state index contributed by atoms with van der Waals surface area (Å²) in [4.78, 5) is 12.0. The molecule has 1 aromatic heterocycles. The maximum atomic E-state index is 12.0. The SMILES string of the molecule is Cc1ccc2oc(C=CC(=O)Nc3ccc(C(C)C)cc3)cc2c1. The zero-order chi connectivity index (χ0) is 17.1. The van der Waals surface area contributed by atoms with Crippen molar-refractivity contribution in [1.82, 2.24) is 0 Å². The molecule has 3 aromatic rings. The maximum absolute atomic E-state index is 12.0. The van der Waals surface area contributed by atoms with E-state index >= 15 is 0 Å². The van der Waals surface area contributed by atoms with Crippen LogP contribution in [-0.4, -0.2) is 5.91 Å². The van der Waals surface area contributed by atoms with Gasteiger partial charge in [-0.1, -0.05) is 37.6 Å². The minimum Gasteiger partial charge on any atom is -0.457 e. The Kier molecular flexibility index (Phi) is 4.52. The summed E-state index contributed by atoms with van der Waals surface area (Å²) in [6.07, 6.45) is 3.17. The first-order valence-corrected chi connectivity index (χ1v) is 8.10. The molecule has 0 unspecified atom stereocenters. The average Bonchev–Trinajstić information content (AvgIpc) is 2.95. The fourth-order valence-corrected chi connectivity index (χ4v) is 2.56. The highest BCUT2D eigenvalue weighted by molar-refractivity contribution is 6.02. The topological polar surface area (TPSA) is 42.2 Å². The minimum absolute atomic E-state index is 0.177. The van der Waals surface area contributed by atoms with Crippen molar-refractivity contribution in [3.63, 3.8) is 0 Å². The van der Waals surface area contributed by atoms with Gasteiger partial charge in [-0.15, -0.1) is 0 Å². The van der Waals surface area contributed by atoms with Crippen molar-refractivity contribution in [2.45, 2.75) is 26.7 Å². The molecule has 0 spiro atoms. The Labute approximate surface area is 142 Å². The van der Waals surface area contributed by atoms with E-state index in [4.69, 9.17) is 4.42 Å². The molecule has 0 fully saturated rings. The zero-order valence-corrected chi connectivity index (χ0v) is 14.2. The van der Waals surface area contributed by atoms with E-state index in [0.29, 0.717) is 11.7 Å². The van der Waals surface area contributed by atoms with Crippen LogP contribution in [0.15, 0.2) is 59.0 Å². The molecule has 1 N–H and O–H groups in total. The van der Waals surface area contributed by atoms with Crippen molar-refractivity contribution in [2.24, 2.45) is 0 Å². The van der Waals surface area contributed by atoms with Crippen molar-refractivity contribution in [2.75, 3.05) is 5.32 Å². The molecule has 2 aromatic carbocycles. The molecule has 0 saturated heterocycles. The van der Waals surface area contributed by atoms with Gasteiger partial charge in [0, 0.05) is 17.1 Å². The zero-order valence-electron chi connectivity index (χ0n) is 14.2. The van der Waals surface area contributed by atoms with Crippen LogP contribution in [-0.2, 0) is 4.79 Å². The number of hydrogen-bond acceptors (Lipinski definition) is 2. The van der Waals surface area contributed by atoms with Gasteiger partial charge in [0.15, 0.2) is 0 Å². The Morgan fingerprint density at radius 1 is 1.08 bits per heavy atom. The van der Waals surface area contributed by atoms with Crippen LogP contribution in [0.3, 0.4) is 0 Å². The Morgan fingerprint density at radius 2 is 1.83 bits per heavy atom. The molecule has 1 heterocycles. The van der Waals surface area contributed by atoms with Gasteiger partial charge in [0.1, 0.15) is 11.3 Å². The van der Waals surface area contributed by atoms with Crippen LogP contribution in [0, 0.1) is 6.92 Å². The van der Waals surface area contributed by atoms with Crippen molar-refractivity contribution in [1.29, 1.82) is 0 Å². The van der Waals surface area contributed by atoms with E-state index in [1.165, 1.54) is 17.2 Å². The van der Waals surface area contributed by atoms with E-state index in [0.717, 1.165) is 16.7 Å². The summed E-state index contributed by atoms with van der Waals surface area (Å²) in [7, 11) is 0. The number of furan rings is 1. The third-order valence-corrected chi connectivity index (χ3v) is 3.93. The number of carbonyl (C=O) groups excluding carboxylic acids is 1. The normalized spacial score (nSPS) is 11.5. The monoisotopic (exact) mass is 319 g/mol. The van der Waals surface area contributed by atoms with Gasteiger partial charge in [-0.2, -0.15) is 0 Å². The molecule has 0 aliphatic rings. The van der Waals surface area contributed by atoms with Gasteiger partial charge in [0.05, 0.1) is 0 Å². The first-order valence-electron chi connectivity index (χ1n) is 8.10. The van der Waals surface area contributed by atoms with Gasteiger partial charge in [-0.25, -0.2) is 0 Å². The highest BCUT2D eigenvalue weighted by Gasteiger charge is 2.03. The number of carbonyl (C=O) groups is 1. The van der Waals surface area contributed by atoms with Gasteiger partial charge >= 0.3 is 0 Å². The lowest BCUT2D eigenvalue weighted by Crippen LogP contribution is -2.07. The molecule has 3 nitrogen and oxygen atoms in total. The number of nitrogens with one attached hydrogen (secondary N) is 1. The van der Waals surface area contributed by atoms with Crippen LogP contribution in [0.1, 0.15) is 36.7 Å². The highest BCUT2D eigenvalue weighted by Crippen LogP contribution is 2.21. The standard InChI is InChI=1S/C21H21NO2/c1-14(2)16-5-7-18(8-6-16)22-21(23)11-9-19-13-17-12-15(3)4-10-20(17)24-19/h4-14H,1-3H3,(H,22,23). The second-order valence-electron chi connectivity index (χ2n) is 6.29. The Morgan fingerprint density at radius 3 is 2.54 bits per heavy atom. The number of hydrogen-bond donors (Lipinski definition) is 1. The van der Waals surface area contributed by atoms with E-state index in [1.807, 2.05) is 49.4 Å². The average molecular weight is 319 g/mol. The fourth-order valence-electron chi connectivity index (χ4n) is 2.56. The predicted octanol–water partition coefficient (Wildman–Crippen LogP) is 5.52. The summed E-state index contributed by atoms with van der Waals surface area (Å²) in [6.45, 7) is 6.33. The van der Waals surface area contributed by atoms with Gasteiger partial charge in [0.2, 0.25) is 5.91 Å². The molecule has 0 atom stereocenters. The number of amides is 1. The van der Waals surface area contributed by atoms with E-state index in [2.05, 4.69) is 25.2 Å². The fraction of sp³-hybridized carbons (Fsp3) is 0.190. The molecule has 1 amide bonds. The highest BCUT2D eigenvalue weighted by atomic mass is 16.3. The van der Waals surface area contributed by atoms with Crippen LogP contribution in [0.25, 0.3) is 17.0 Å². The van der Waals surface area contributed by atoms with Crippen LogP contribution in [0.2, 0.25) is 0 Å². The van der Waals surface area contributed by atoms with E-state index in [9.17, 15) is 4.79 Å². The molecule has 24 heavy (non-hydrogen) atoms. The molecule has 122 valence electrons. The summed E-state index contributed by atoms with van der Waals surface area (Å²) < 4.78 is 5.70. The first kappa shape index (κ1) is 16.1. The van der Waals surface area contributed by atoms with Crippen LogP contribution >= 0.6 is 0 Å². The molecule has 3 heteroatoms. The molecule has 0 radical (unpaired) electrons. The largest absolute Gasteiger partial charge is 0.457 e. The number of anilines is 1.